The lowest BCUT2D eigenvalue weighted by molar-refractivity contribution is -0.137. The number of halogens is 2. The molecule has 1 aliphatic rings. The molecular weight excluding hydrogens is 523 g/mol. The molecule has 38 heavy (non-hydrogen) atoms. The highest BCUT2D eigenvalue weighted by Crippen LogP contribution is 2.29. The zero-order chi connectivity index (χ0) is 26.5. The summed E-state index contributed by atoms with van der Waals surface area (Å²) in [5.41, 5.74) is 3.63. The molecule has 4 aromatic rings. The molecule has 1 fully saturated rings. The molecule has 1 saturated heterocycles. The molecule has 0 saturated carbocycles. The van der Waals surface area contributed by atoms with Gasteiger partial charge in [-0.3, -0.25) is 14.7 Å². The van der Waals surface area contributed by atoms with Crippen LogP contribution >= 0.6 is 23.2 Å². The summed E-state index contributed by atoms with van der Waals surface area (Å²) in [6.45, 7) is 1.82. The van der Waals surface area contributed by atoms with Crippen molar-refractivity contribution < 1.29 is 9.53 Å². The van der Waals surface area contributed by atoms with Gasteiger partial charge in [-0.25, -0.2) is 4.79 Å². The lowest BCUT2D eigenvalue weighted by Gasteiger charge is -2.40. The Labute approximate surface area is 231 Å². The Balaban J connectivity index is 1.25. The predicted octanol–water partition coefficient (Wildman–Crippen LogP) is 5.52. The molecular formula is C29H30Cl2N4O3. The summed E-state index contributed by atoms with van der Waals surface area (Å²) in [6, 6.07) is 23.2. The fraction of sp³-hybridized carbons (Fsp3) is 0.310. The summed E-state index contributed by atoms with van der Waals surface area (Å²) < 4.78 is 7.61. The number of hydrogen-bond acceptors (Lipinski definition) is 4. The molecule has 1 amide bonds. The van der Waals surface area contributed by atoms with Crippen LogP contribution in [0.1, 0.15) is 36.4 Å². The molecule has 0 radical (unpaired) electrons. The van der Waals surface area contributed by atoms with E-state index in [2.05, 4.69) is 22.4 Å². The van der Waals surface area contributed by atoms with Crippen LogP contribution in [0.2, 0.25) is 10.0 Å². The monoisotopic (exact) mass is 552 g/mol. The van der Waals surface area contributed by atoms with Gasteiger partial charge in [0, 0.05) is 25.6 Å². The smallest absolute Gasteiger partial charge is 0.326 e. The van der Waals surface area contributed by atoms with Crippen molar-refractivity contribution in [3.63, 3.8) is 0 Å². The van der Waals surface area contributed by atoms with Crippen molar-refractivity contribution >= 4 is 40.1 Å². The van der Waals surface area contributed by atoms with E-state index < -0.39 is 0 Å². The number of rotatable bonds is 9. The maximum absolute atomic E-state index is 13.3. The van der Waals surface area contributed by atoms with Crippen LogP contribution in [0.5, 0.6) is 0 Å². The lowest BCUT2D eigenvalue weighted by Crippen LogP contribution is -2.54. The number of para-hydroxylation sites is 2. The molecule has 2 N–H and O–H groups in total. The number of H-pyrrole nitrogens is 1. The van der Waals surface area contributed by atoms with Gasteiger partial charge in [0.1, 0.15) is 0 Å². The quantitative estimate of drug-likeness (QED) is 0.268. The number of hydrogen-bond donors (Lipinski definition) is 2. The van der Waals surface area contributed by atoms with Crippen molar-refractivity contribution in [3.05, 3.63) is 104 Å². The molecule has 1 aromatic heterocycles. The van der Waals surface area contributed by atoms with Crippen molar-refractivity contribution in [2.45, 2.75) is 44.6 Å². The molecule has 1 aliphatic heterocycles. The van der Waals surface area contributed by atoms with Crippen molar-refractivity contribution in [1.82, 2.24) is 19.8 Å². The number of amides is 1. The number of piperidine rings is 1. The van der Waals surface area contributed by atoms with Gasteiger partial charge >= 0.3 is 5.69 Å². The van der Waals surface area contributed by atoms with Crippen LogP contribution in [-0.2, 0) is 22.7 Å². The topological polar surface area (TPSA) is 79.4 Å². The average Bonchev–Trinajstić information content (AvgIpc) is 3.27. The number of aromatic amines is 1. The van der Waals surface area contributed by atoms with E-state index in [1.165, 1.54) is 0 Å². The highest BCUT2D eigenvalue weighted by Gasteiger charge is 2.33. The van der Waals surface area contributed by atoms with Crippen LogP contribution in [0.25, 0.3) is 11.0 Å². The normalized spacial score (nSPS) is 17.7. The van der Waals surface area contributed by atoms with E-state index in [0.29, 0.717) is 49.2 Å². The molecule has 5 rings (SSSR count). The van der Waals surface area contributed by atoms with E-state index in [-0.39, 0.29) is 30.2 Å². The minimum atomic E-state index is -0.211. The molecule has 2 unspecified atom stereocenters. The van der Waals surface area contributed by atoms with Crippen LogP contribution in [0.4, 0.5) is 0 Å². The Bertz CT molecular complexity index is 1450. The Morgan fingerprint density at radius 2 is 1.79 bits per heavy atom. The number of benzene rings is 3. The van der Waals surface area contributed by atoms with Gasteiger partial charge in [0.25, 0.3) is 0 Å². The molecule has 0 aliphatic carbocycles. The summed E-state index contributed by atoms with van der Waals surface area (Å²) in [6.07, 6.45) is 1.38. The first-order chi connectivity index (χ1) is 18.5. The van der Waals surface area contributed by atoms with E-state index in [9.17, 15) is 9.59 Å². The Morgan fingerprint density at radius 1 is 1.00 bits per heavy atom. The number of aromatic nitrogens is 2. The standard InChI is InChI=1S/C29H30Cl2N4O3/c30-23-11-10-21(16-24(23)31)19-38-15-13-28(36)34-14-12-22(17-27(34)32-18-20-6-2-1-3-7-20)35-26-9-5-4-8-25(26)33-29(35)37/h1-11,16,22,27,32H,12-15,17-19H2,(H,33,37). The Hall–Kier alpha value is -3.10. The highest BCUT2D eigenvalue weighted by atomic mass is 35.5. The molecule has 0 bridgehead atoms. The van der Waals surface area contributed by atoms with Gasteiger partial charge in [0.2, 0.25) is 5.91 Å². The summed E-state index contributed by atoms with van der Waals surface area (Å²) in [5.74, 6) is 0.0226. The number of nitrogens with zero attached hydrogens (tertiary/aromatic N) is 2. The van der Waals surface area contributed by atoms with E-state index in [1.54, 1.807) is 12.1 Å². The minimum absolute atomic E-state index is 0.0226. The Morgan fingerprint density at radius 3 is 2.61 bits per heavy atom. The van der Waals surface area contributed by atoms with Gasteiger partial charge < -0.3 is 14.6 Å². The van der Waals surface area contributed by atoms with Gasteiger partial charge in [-0.15, -0.1) is 0 Å². The van der Waals surface area contributed by atoms with Gasteiger partial charge in [-0.1, -0.05) is 71.7 Å². The SMILES string of the molecule is O=C(CCOCc1ccc(Cl)c(Cl)c1)N1CCC(n2c(=O)[nH]c3ccccc32)CC1NCc1ccccc1. The zero-order valence-electron chi connectivity index (χ0n) is 20.9. The van der Waals surface area contributed by atoms with E-state index in [4.69, 9.17) is 27.9 Å². The summed E-state index contributed by atoms with van der Waals surface area (Å²) in [7, 11) is 0. The number of carbonyl (C=O) groups excluding carboxylic acids is 1. The van der Waals surface area contributed by atoms with Crippen molar-refractivity contribution in [2.24, 2.45) is 0 Å². The van der Waals surface area contributed by atoms with Gasteiger partial charge in [-0.05, 0) is 41.8 Å². The first kappa shape index (κ1) is 26.5. The number of nitrogens with one attached hydrogen (secondary N) is 2. The lowest BCUT2D eigenvalue weighted by atomic mass is 10.00. The van der Waals surface area contributed by atoms with Gasteiger partial charge in [0.15, 0.2) is 0 Å². The van der Waals surface area contributed by atoms with Crippen molar-refractivity contribution in [3.8, 4) is 0 Å². The average molecular weight is 553 g/mol. The first-order valence-electron chi connectivity index (χ1n) is 12.8. The number of imidazole rings is 1. The van der Waals surface area contributed by atoms with E-state index in [0.717, 1.165) is 22.2 Å². The maximum atomic E-state index is 13.3. The summed E-state index contributed by atoms with van der Waals surface area (Å²) in [5, 5.41) is 4.55. The number of carbonyl (C=O) groups is 1. The molecule has 3 aromatic carbocycles. The van der Waals surface area contributed by atoms with Crippen LogP contribution in [0, 0.1) is 0 Å². The van der Waals surface area contributed by atoms with Crippen LogP contribution in [0.3, 0.4) is 0 Å². The fourth-order valence-corrected chi connectivity index (χ4v) is 5.38. The highest BCUT2D eigenvalue weighted by molar-refractivity contribution is 6.42. The minimum Gasteiger partial charge on any atom is -0.376 e. The fourth-order valence-electron chi connectivity index (χ4n) is 5.06. The summed E-state index contributed by atoms with van der Waals surface area (Å²) in [4.78, 5) is 31.0. The van der Waals surface area contributed by atoms with Crippen LogP contribution in [0.15, 0.2) is 77.6 Å². The Kier molecular flexibility index (Phi) is 8.49. The molecule has 2 atom stereocenters. The second-order valence-electron chi connectivity index (χ2n) is 9.52. The molecule has 9 heteroatoms. The molecule has 0 spiro atoms. The third-order valence-electron chi connectivity index (χ3n) is 6.98. The maximum Gasteiger partial charge on any atom is 0.326 e. The molecule has 7 nitrogen and oxygen atoms in total. The number of likely N-dealkylation sites (tertiary alicyclic amines) is 1. The van der Waals surface area contributed by atoms with Gasteiger partial charge in [0.05, 0.1) is 46.9 Å². The second kappa shape index (κ2) is 12.2. The van der Waals surface area contributed by atoms with Crippen molar-refractivity contribution in [2.75, 3.05) is 13.2 Å². The van der Waals surface area contributed by atoms with E-state index in [1.807, 2.05) is 58.0 Å². The molecule has 2 heterocycles. The predicted molar refractivity (Wildman–Crippen MR) is 150 cm³/mol. The number of ether oxygens (including phenoxy) is 1. The summed E-state index contributed by atoms with van der Waals surface area (Å²) >= 11 is 12.1. The van der Waals surface area contributed by atoms with Crippen LogP contribution in [-0.4, -0.2) is 39.7 Å². The largest absolute Gasteiger partial charge is 0.376 e. The first-order valence-corrected chi connectivity index (χ1v) is 13.5. The third kappa shape index (κ3) is 6.13. The third-order valence-corrected chi connectivity index (χ3v) is 7.72. The zero-order valence-corrected chi connectivity index (χ0v) is 22.4. The van der Waals surface area contributed by atoms with E-state index >= 15 is 0 Å². The van der Waals surface area contributed by atoms with Crippen LogP contribution < -0.4 is 11.0 Å². The number of fused-ring (bicyclic) bond motifs is 1. The van der Waals surface area contributed by atoms with Gasteiger partial charge in [-0.2, -0.15) is 0 Å². The van der Waals surface area contributed by atoms with Crippen molar-refractivity contribution in [1.29, 1.82) is 0 Å². The second-order valence-corrected chi connectivity index (χ2v) is 10.3. The molecule has 198 valence electrons.